The van der Waals surface area contributed by atoms with Gasteiger partial charge in [0.05, 0.1) is 17.7 Å². The second-order valence-electron chi connectivity index (χ2n) is 7.09. The number of nitrogens with two attached hydrogens (primary N) is 1. The first-order chi connectivity index (χ1) is 14.7. The zero-order valence-electron chi connectivity index (χ0n) is 16.1. The lowest BCUT2D eigenvalue weighted by Crippen LogP contribution is -2.37. The zero-order valence-corrected chi connectivity index (χ0v) is 16.9. The van der Waals surface area contributed by atoms with Crippen LogP contribution in [0.2, 0.25) is 0 Å². The van der Waals surface area contributed by atoms with E-state index < -0.39 is 17.6 Å². The normalized spacial score (nSPS) is 13.7. The molecule has 0 atom stereocenters. The number of thiazole rings is 1. The summed E-state index contributed by atoms with van der Waals surface area (Å²) in [5, 5.41) is 2.16. The van der Waals surface area contributed by atoms with Crippen LogP contribution < -0.4 is 10.5 Å². The summed E-state index contributed by atoms with van der Waals surface area (Å²) in [6.07, 6.45) is -3.95. The molecule has 162 valence electrons. The molecule has 4 rings (SSSR count). The molecule has 0 radical (unpaired) electrons. The molecule has 1 aromatic heterocycles. The van der Waals surface area contributed by atoms with E-state index in [9.17, 15) is 22.4 Å². The second-order valence-corrected chi connectivity index (χ2v) is 7.98. The van der Waals surface area contributed by atoms with Crippen molar-refractivity contribution in [3.8, 4) is 11.5 Å². The summed E-state index contributed by atoms with van der Waals surface area (Å²) in [4.78, 5) is 18.4. The summed E-state index contributed by atoms with van der Waals surface area (Å²) in [6, 6.07) is 7.65. The van der Waals surface area contributed by atoms with Crippen LogP contribution in [0.3, 0.4) is 0 Å². The molecule has 2 aromatic carbocycles. The number of carbonyl (C=O) groups is 1. The van der Waals surface area contributed by atoms with Crippen molar-refractivity contribution in [3.05, 3.63) is 70.0 Å². The molecule has 2 N–H and O–H groups in total. The van der Waals surface area contributed by atoms with Crippen LogP contribution in [0.1, 0.15) is 22.4 Å². The number of hydrogen-bond acceptors (Lipinski definition) is 5. The number of fused-ring (bicyclic) bond motifs is 1. The van der Waals surface area contributed by atoms with Crippen LogP contribution >= 0.6 is 11.3 Å². The molecular weight excluding hydrogens is 434 g/mol. The SMILES string of the molecule is Nc1nc(CC(=O)N2CCc3ccc(Oc4ccc(C(F)(F)F)c(F)c4)cc3C2)cs1. The van der Waals surface area contributed by atoms with Crippen molar-refractivity contribution in [1.29, 1.82) is 0 Å². The fraction of sp³-hybridized carbons (Fsp3) is 0.238. The summed E-state index contributed by atoms with van der Waals surface area (Å²) in [5.41, 5.74) is 6.80. The second kappa shape index (κ2) is 8.18. The molecule has 0 fully saturated rings. The molecule has 1 aliphatic heterocycles. The highest BCUT2D eigenvalue weighted by atomic mass is 32.1. The summed E-state index contributed by atoms with van der Waals surface area (Å²) in [5.74, 6) is -1.18. The van der Waals surface area contributed by atoms with E-state index in [0.717, 1.165) is 17.2 Å². The van der Waals surface area contributed by atoms with E-state index in [0.29, 0.717) is 48.2 Å². The molecule has 5 nitrogen and oxygen atoms in total. The van der Waals surface area contributed by atoms with Gasteiger partial charge >= 0.3 is 6.18 Å². The van der Waals surface area contributed by atoms with Gasteiger partial charge in [0.2, 0.25) is 5.91 Å². The van der Waals surface area contributed by atoms with Crippen LogP contribution in [0.15, 0.2) is 41.8 Å². The first-order valence-electron chi connectivity index (χ1n) is 9.33. The number of benzene rings is 2. The fourth-order valence-corrected chi connectivity index (χ4v) is 3.97. The van der Waals surface area contributed by atoms with Gasteiger partial charge in [0.25, 0.3) is 0 Å². The van der Waals surface area contributed by atoms with Gasteiger partial charge in [-0.3, -0.25) is 4.79 Å². The molecule has 1 aliphatic rings. The van der Waals surface area contributed by atoms with Crippen LogP contribution in [0, 0.1) is 5.82 Å². The Kier molecular flexibility index (Phi) is 5.57. The van der Waals surface area contributed by atoms with Crippen molar-refractivity contribution in [2.24, 2.45) is 0 Å². The smallest absolute Gasteiger partial charge is 0.419 e. The maximum atomic E-state index is 13.8. The van der Waals surface area contributed by atoms with E-state index in [1.54, 1.807) is 22.4 Å². The largest absolute Gasteiger partial charge is 0.457 e. The first-order valence-corrected chi connectivity index (χ1v) is 10.2. The molecule has 0 bridgehead atoms. The highest BCUT2D eigenvalue weighted by Crippen LogP contribution is 2.34. The third kappa shape index (κ3) is 4.79. The number of carbonyl (C=O) groups excluding carboxylic acids is 1. The number of alkyl halides is 3. The molecule has 10 heteroatoms. The van der Waals surface area contributed by atoms with E-state index in [1.165, 1.54) is 11.3 Å². The molecule has 1 amide bonds. The van der Waals surface area contributed by atoms with Crippen LogP contribution in [0.5, 0.6) is 11.5 Å². The Labute approximate surface area is 179 Å². The van der Waals surface area contributed by atoms with Gasteiger partial charge in [-0.2, -0.15) is 13.2 Å². The maximum Gasteiger partial charge on any atom is 0.419 e. The Morgan fingerprint density at radius 2 is 1.90 bits per heavy atom. The number of hydrogen-bond donors (Lipinski definition) is 1. The quantitative estimate of drug-likeness (QED) is 0.579. The monoisotopic (exact) mass is 451 g/mol. The molecule has 0 saturated heterocycles. The molecule has 3 aromatic rings. The zero-order chi connectivity index (χ0) is 22.2. The Balaban J connectivity index is 1.47. The van der Waals surface area contributed by atoms with Crippen molar-refractivity contribution in [3.63, 3.8) is 0 Å². The standard InChI is InChI=1S/C21H17F4N3O2S/c22-18-9-16(3-4-17(18)21(23,24)25)30-15-2-1-12-5-6-28(10-13(12)7-15)19(29)8-14-11-31-20(26)27-14/h1-4,7,9,11H,5-6,8,10H2,(H2,26,27). The van der Waals surface area contributed by atoms with E-state index in [2.05, 4.69) is 4.98 Å². The number of halogens is 4. The van der Waals surface area contributed by atoms with Gasteiger partial charge in [0.1, 0.15) is 17.3 Å². The number of ether oxygens (including phenoxy) is 1. The topological polar surface area (TPSA) is 68.5 Å². The number of anilines is 1. The van der Waals surface area contributed by atoms with Gasteiger partial charge < -0.3 is 15.4 Å². The third-order valence-corrected chi connectivity index (χ3v) is 5.65. The van der Waals surface area contributed by atoms with Crippen LogP contribution in [-0.4, -0.2) is 22.3 Å². The molecule has 0 unspecified atom stereocenters. The Morgan fingerprint density at radius 1 is 1.16 bits per heavy atom. The molecule has 31 heavy (non-hydrogen) atoms. The number of nitrogen functional groups attached to an aromatic ring is 1. The summed E-state index contributed by atoms with van der Waals surface area (Å²) in [6.45, 7) is 0.933. The van der Waals surface area contributed by atoms with Crippen molar-refractivity contribution in [2.75, 3.05) is 12.3 Å². The van der Waals surface area contributed by atoms with Crippen molar-refractivity contribution in [1.82, 2.24) is 9.88 Å². The first kappa shape index (κ1) is 21.1. The van der Waals surface area contributed by atoms with Gasteiger partial charge in [-0.15, -0.1) is 11.3 Å². The molecule has 2 heterocycles. The van der Waals surface area contributed by atoms with E-state index in [1.807, 2.05) is 6.07 Å². The van der Waals surface area contributed by atoms with Crippen LogP contribution in [0.4, 0.5) is 22.7 Å². The van der Waals surface area contributed by atoms with Crippen molar-refractivity contribution < 1.29 is 27.1 Å². The Hall–Kier alpha value is -3.14. The van der Waals surface area contributed by atoms with E-state index >= 15 is 0 Å². The van der Waals surface area contributed by atoms with Crippen LogP contribution in [0.25, 0.3) is 0 Å². The highest BCUT2D eigenvalue weighted by molar-refractivity contribution is 7.13. The summed E-state index contributed by atoms with van der Waals surface area (Å²) < 4.78 is 57.5. The van der Waals surface area contributed by atoms with E-state index in [-0.39, 0.29) is 18.1 Å². The maximum absolute atomic E-state index is 13.8. The third-order valence-electron chi connectivity index (χ3n) is 4.93. The lowest BCUT2D eigenvalue weighted by atomic mass is 9.99. The predicted molar refractivity (Wildman–Crippen MR) is 107 cm³/mol. The number of rotatable bonds is 4. The molecule has 0 saturated carbocycles. The highest BCUT2D eigenvalue weighted by Gasteiger charge is 2.34. The lowest BCUT2D eigenvalue weighted by molar-refractivity contribution is -0.140. The minimum atomic E-state index is -4.77. The van der Waals surface area contributed by atoms with Crippen molar-refractivity contribution in [2.45, 2.75) is 25.6 Å². The van der Waals surface area contributed by atoms with Gasteiger partial charge in [0.15, 0.2) is 5.13 Å². The van der Waals surface area contributed by atoms with Gasteiger partial charge in [-0.25, -0.2) is 9.37 Å². The lowest BCUT2D eigenvalue weighted by Gasteiger charge is -2.29. The van der Waals surface area contributed by atoms with Gasteiger partial charge in [-0.05, 0) is 41.8 Å². The molecule has 0 spiro atoms. The van der Waals surface area contributed by atoms with Crippen LogP contribution in [-0.2, 0) is 30.4 Å². The molecule has 0 aliphatic carbocycles. The Morgan fingerprint density at radius 3 is 2.58 bits per heavy atom. The van der Waals surface area contributed by atoms with E-state index in [4.69, 9.17) is 10.5 Å². The summed E-state index contributed by atoms with van der Waals surface area (Å²) in [7, 11) is 0. The minimum absolute atomic E-state index is 0.0460. The predicted octanol–water partition coefficient (Wildman–Crippen LogP) is 4.80. The average Bonchev–Trinajstić information content (AvgIpc) is 3.11. The van der Waals surface area contributed by atoms with Crippen molar-refractivity contribution >= 4 is 22.4 Å². The number of aromatic nitrogens is 1. The van der Waals surface area contributed by atoms with Gasteiger partial charge in [0, 0.05) is 24.5 Å². The number of amides is 1. The number of nitrogens with zero attached hydrogens (tertiary/aromatic N) is 2. The summed E-state index contributed by atoms with van der Waals surface area (Å²) >= 11 is 1.28. The minimum Gasteiger partial charge on any atom is -0.457 e. The molecular formula is C21H17F4N3O2S. The van der Waals surface area contributed by atoms with Gasteiger partial charge in [-0.1, -0.05) is 6.07 Å². The average molecular weight is 451 g/mol. The fourth-order valence-electron chi connectivity index (χ4n) is 3.41. The Bertz CT molecular complexity index is 1130.